The number of fused-ring (bicyclic) bond motifs is 1. The van der Waals surface area contributed by atoms with Crippen molar-refractivity contribution in [3.8, 4) is 11.8 Å². The smallest absolute Gasteiger partial charge is 0.291 e. The van der Waals surface area contributed by atoms with Gasteiger partial charge in [0.1, 0.15) is 6.10 Å². The second-order valence-electron chi connectivity index (χ2n) is 6.28. The summed E-state index contributed by atoms with van der Waals surface area (Å²) in [7, 11) is 0. The number of hydrogen-bond donors (Lipinski definition) is 0. The Balaban J connectivity index is 1.75. The van der Waals surface area contributed by atoms with Gasteiger partial charge in [-0.1, -0.05) is 36.1 Å². The first-order chi connectivity index (χ1) is 13.4. The minimum absolute atomic E-state index is 0.189. The van der Waals surface area contributed by atoms with Crippen LogP contribution in [-0.2, 0) is 11.2 Å². The molecule has 0 radical (unpaired) electrons. The normalized spacial score (nSPS) is 15.5. The summed E-state index contributed by atoms with van der Waals surface area (Å²) < 4.78 is 41.0. The van der Waals surface area contributed by atoms with E-state index in [0.29, 0.717) is 11.1 Å². The zero-order valence-electron chi connectivity index (χ0n) is 14.9. The molecule has 0 N–H and O–H groups in total. The molecule has 2 aromatic carbocycles. The Hall–Kier alpha value is -3.10. The maximum absolute atomic E-state index is 12.4. The summed E-state index contributed by atoms with van der Waals surface area (Å²) >= 11 is 0. The largest absolute Gasteiger partial charge is 0.523 e. The van der Waals surface area contributed by atoms with Crippen LogP contribution in [-0.4, -0.2) is 18.2 Å². The molecule has 0 saturated heterocycles. The van der Waals surface area contributed by atoms with Crippen molar-refractivity contribution in [2.24, 2.45) is 0 Å². The van der Waals surface area contributed by atoms with Crippen molar-refractivity contribution in [1.29, 1.82) is 0 Å². The molecule has 1 aliphatic carbocycles. The van der Waals surface area contributed by atoms with Crippen molar-refractivity contribution < 1.29 is 22.7 Å². The molecule has 1 atom stereocenters. The van der Waals surface area contributed by atoms with Gasteiger partial charge in [0.25, 0.3) is 0 Å². The number of allylic oxidation sites excluding steroid dienone is 1. The molecule has 0 aliphatic heterocycles. The van der Waals surface area contributed by atoms with E-state index in [1.54, 1.807) is 12.1 Å². The second kappa shape index (κ2) is 8.28. The molecule has 2 aromatic rings. The fourth-order valence-electron chi connectivity index (χ4n) is 2.84. The van der Waals surface area contributed by atoms with E-state index in [-0.39, 0.29) is 5.56 Å². The lowest BCUT2D eigenvalue weighted by molar-refractivity contribution is -0.329. The van der Waals surface area contributed by atoms with Crippen LogP contribution in [0, 0.1) is 11.8 Å². The van der Waals surface area contributed by atoms with Gasteiger partial charge < -0.3 is 0 Å². The van der Waals surface area contributed by atoms with Crippen molar-refractivity contribution in [2.45, 2.75) is 25.3 Å². The number of Topliss-reactive ketones (excluding diaryl/α,β-unsaturated/α-hetero) is 1. The average Bonchev–Trinajstić information content (AvgIpc) is 2.67. The quantitative estimate of drug-likeness (QED) is 0.528. The van der Waals surface area contributed by atoms with E-state index < -0.39 is 18.2 Å². The van der Waals surface area contributed by atoms with E-state index in [1.807, 2.05) is 30.3 Å². The van der Waals surface area contributed by atoms with Gasteiger partial charge in [-0.3, -0.25) is 9.53 Å². The lowest BCUT2D eigenvalue weighted by Gasteiger charge is -2.19. The zero-order valence-corrected chi connectivity index (χ0v) is 14.9. The predicted molar refractivity (Wildman–Crippen MR) is 102 cm³/mol. The number of carbonyl (C=O) groups excluding carboxylic acids is 1. The summed E-state index contributed by atoms with van der Waals surface area (Å²) in [5.41, 5.74) is 3.44. The Morgan fingerprint density at radius 3 is 2.43 bits per heavy atom. The first kappa shape index (κ1) is 19.7. The number of benzene rings is 2. The molecule has 0 spiro atoms. The second-order valence-corrected chi connectivity index (χ2v) is 6.28. The number of hydrogen-bond acceptors (Lipinski definition) is 2. The van der Waals surface area contributed by atoms with Crippen molar-refractivity contribution in [1.82, 2.24) is 0 Å². The Labute approximate surface area is 161 Å². The van der Waals surface area contributed by atoms with Gasteiger partial charge in [-0.25, -0.2) is 0 Å². The minimum atomic E-state index is -4.87. The molecule has 142 valence electrons. The molecule has 0 amide bonds. The molecule has 0 fully saturated rings. The third-order valence-electron chi connectivity index (χ3n) is 4.23. The lowest BCUT2D eigenvalue weighted by atomic mass is 9.93. The van der Waals surface area contributed by atoms with Crippen molar-refractivity contribution >= 4 is 11.9 Å². The molecule has 0 saturated carbocycles. The van der Waals surface area contributed by atoms with Crippen LogP contribution in [0.25, 0.3) is 6.08 Å². The summed E-state index contributed by atoms with van der Waals surface area (Å²) in [6, 6.07) is 12.7. The summed E-state index contributed by atoms with van der Waals surface area (Å²) in [5, 5.41) is 0. The highest BCUT2D eigenvalue weighted by atomic mass is 19.4. The van der Waals surface area contributed by atoms with Crippen LogP contribution in [0.3, 0.4) is 0 Å². The standard InChI is InChI=1S/C23H17F3O2/c1-2-3-4-16-5-7-17(8-6-16)9-10-18-11-13-20-19(15-18)12-14-21(22(20)27)28-23(24,25)26/h2,5-8,11-15,21H,1,3-4H2. The van der Waals surface area contributed by atoms with Crippen LogP contribution in [0.5, 0.6) is 0 Å². The predicted octanol–water partition coefficient (Wildman–Crippen LogP) is 5.32. The van der Waals surface area contributed by atoms with E-state index in [0.717, 1.165) is 24.5 Å². The van der Waals surface area contributed by atoms with E-state index in [4.69, 9.17) is 0 Å². The van der Waals surface area contributed by atoms with Gasteiger partial charge in [-0.05, 0) is 60.4 Å². The highest BCUT2D eigenvalue weighted by molar-refractivity contribution is 6.06. The zero-order chi connectivity index (χ0) is 20.1. The van der Waals surface area contributed by atoms with Crippen LogP contribution in [0.4, 0.5) is 13.2 Å². The summed E-state index contributed by atoms with van der Waals surface area (Å²) in [5.74, 6) is 5.35. The highest BCUT2D eigenvalue weighted by Crippen LogP contribution is 2.27. The van der Waals surface area contributed by atoms with Gasteiger partial charge in [-0.15, -0.1) is 19.8 Å². The van der Waals surface area contributed by atoms with Crippen molar-refractivity contribution in [3.05, 3.63) is 89.0 Å². The van der Waals surface area contributed by atoms with E-state index >= 15 is 0 Å². The fourth-order valence-corrected chi connectivity index (χ4v) is 2.84. The SMILES string of the molecule is C=CCCc1ccc(C#Cc2ccc3c(c2)C=CC(OC(F)(F)F)C3=O)cc1. The van der Waals surface area contributed by atoms with Gasteiger partial charge in [-0.2, -0.15) is 0 Å². The number of aryl methyl sites for hydroxylation is 1. The average molecular weight is 382 g/mol. The van der Waals surface area contributed by atoms with Gasteiger partial charge >= 0.3 is 6.36 Å². The lowest BCUT2D eigenvalue weighted by Crippen LogP contribution is -2.31. The maximum Gasteiger partial charge on any atom is 0.523 e. The first-order valence-electron chi connectivity index (χ1n) is 8.68. The number of ketones is 1. The molecule has 28 heavy (non-hydrogen) atoms. The van der Waals surface area contributed by atoms with Crippen LogP contribution < -0.4 is 0 Å². The topological polar surface area (TPSA) is 26.3 Å². The van der Waals surface area contributed by atoms with Gasteiger partial charge in [0.2, 0.25) is 0 Å². The summed E-state index contributed by atoms with van der Waals surface area (Å²) in [4.78, 5) is 12.2. The summed E-state index contributed by atoms with van der Waals surface area (Å²) in [6.07, 6.45) is -0.230. The molecular formula is C23H17F3O2. The number of halogens is 3. The molecule has 1 unspecified atom stereocenters. The molecule has 0 heterocycles. The number of ether oxygens (including phenoxy) is 1. The van der Waals surface area contributed by atoms with Crippen LogP contribution in [0.2, 0.25) is 0 Å². The molecule has 5 heteroatoms. The third-order valence-corrected chi connectivity index (χ3v) is 4.23. The summed E-state index contributed by atoms with van der Waals surface area (Å²) in [6.45, 7) is 3.71. The van der Waals surface area contributed by atoms with E-state index in [9.17, 15) is 18.0 Å². The number of carbonyl (C=O) groups is 1. The Kier molecular flexibility index (Phi) is 5.81. The Morgan fingerprint density at radius 1 is 1.07 bits per heavy atom. The third kappa shape index (κ3) is 4.99. The Morgan fingerprint density at radius 2 is 1.75 bits per heavy atom. The minimum Gasteiger partial charge on any atom is -0.291 e. The first-order valence-corrected chi connectivity index (χ1v) is 8.68. The molecule has 0 bridgehead atoms. The van der Waals surface area contributed by atoms with Crippen molar-refractivity contribution in [3.63, 3.8) is 0 Å². The van der Waals surface area contributed by atoms with E-state index in [2.05, 4.69) is 23.2 Å². The number of alkyl halides is 3. The monoisotopic (exact) mass is 382 g/mol. The highest BCUT2D eigenvalue weighted by Gasteiger charge is 2.37. The molecule has 1 aliphatic rings. The fraction of sp³-hybridized carbons (Fsp3) is 0.174. The molecular weight excluding hydrogens is 365 g/mol. The van der Waals surface area contributed by atoms with Crippen LogP contribution in [0.1, 0.15) is 39.0 Å². The van der Waals surface area contributed by atoms with Crippen LogP contribution >= 0.6 is 0 Å². The molecule has 2 nitrogen and oxygen atoms in total. The van der Waals surface area contributed by atoms with Gasteiger partial charge in [0.15, 0.2) is 5.78 Å². The number of rotatable bonds is 4. The van der Waals surface area contributed by atoms with E-state index in [1.165, 1.54) is 17.7 Å². The maximum atomic E-state index is 12.4. The van der Waals surface area contributed by atoms with Crippen LogP contribution in [0.15, 0.2) is 61.2 Å². The Bertz CT molecular complexity index is 974. The molecule has 3 rings (SSSR count). The van der Waals surface area contributed by atoms with Crippen molar-refractivity contribution in [2.75, 3.05) is 0 Å². The van der Waals surface area contributed by atoms with Gasteiger partial charge in [0, 0.05) is 16.7 Å². The van der Waals surface area contributed by atoms with Gasteiger partial charge in [0.05, 0.1) is 0 Å². The molecule has 0 aromatic heterocycles.